The fourth-order valence-corrected chi connectivity index (χ4v) is 5.34. The average molecular weight is 429 g/mol. The molecule has 2 unspecified atom stereocenters. The number of aromatic nitrogens is 2. The summed E-state index contributed by atoms with van der Waals surface area (Å²) in [7, 11) is 1.66. The van der Waals surface area contributed by atoms with Crippen molar-refractivity contribution in [2.45, 2.75) is 27.2 Å². The highest BCUT2D eigenvalue weighted by Crippen LogP contribution is 2.33. The maximum absolute atomic E-state index is 13.4. The number of anilines is 1. The minimum atomic E-state index is -0.180. The molecule has 0 spiro atoms. The van der Waals surface area contributed by atoms with Crippen molar-refractivity contribution in [3.8, 4) is 0 Å². The largest absolute Gasteiger partial charge is 0.355 e. The van der Waals surface area contributed by atoms with Crippen molar-refractivity contribution >= 4 is 51.7 Å². The molecule has 4 heterocycles. The van der Waals surface area contributed by atoms with E-state index in [1.807, 2.05) is 19.1 Å². The Labute approximate surface area is 179 Å². The third kappa shape index (κ3) is 3.59. The van der Waals surface area contributed by atoms with Crippen molar-refractivity contribution in [1.29, 1.82) is 0 Å². The van der Waals surface area contributed by atoms with Gasteiger partial charge in [0.1, 0.15) is 15.8 Å². The van der Waals surface area contributed by atoms with Gasteiger partial charge in [-0.05, 0) is 42.9 Å². The summed E-state index contributed by atoms with van der Waals surface area (Å²) in [5.41, 5.74) is 1.87. The number of pyridine rings is 1. The average Bonchev–Trinajstić information content (AvgIpc) is 2.90. The van der Waals surface area contributed by atoms with Crippen LogP contribution in [0, 0.1) is 18.8 Å². The summed E-state index contributed by atoms with van der Waals surface area (Å²) in [5, 5.41) is 0. The summed E-state index contributed by atoms with van der Waals surface area (Å²) in [6.07, 6.45) is 4.56. The van der Waals surface area contributed by atoms with E-state index in [-0.39, 0.29) is 11.5 Å². The van der Waals surface area contributed by atoms with E-state index in [9.17, 15) is 9.59 Å². The molecule has 2 atom stereocenters. The number of rotatable bonds is 2. The summed E-state index contributed by atoms with van der Waals surface area (Å²) in [5.74, 6) is 1.50. The Morgan fingerprint density at radius 2 is 1.93 bits per heavy atom. The zero-order valence-electron chi connectivity index (χ0n) is 17.0. The first kappa shape index (κ1) is 20.1. The first-order valence-corrected chi connectivity index (χ1v) is 11.0. The van der Waals surface area contributed by atoms with E-state index >= 15 is 0 Å². The topological polar surface area (TPSA) is 57.9 Å². The highest BCUT2D eigenvalue weighted by atomic mass is 32.2. The van der Waals surface area contributed by atoms with Gasteiger partial charge in [-0.15, -0.1) is 0 Å². The SMILES string of the molecule is Cc1cccn2c(=O)c(/C=C3\SC(=S)N(C)C3=O)c(N3CC(C)CC(C)C3)nc12. The summed E-state index contributed by atoms with van der Waals surface area (Å²) in [6, 6.07) is 3.79. The van der Waals surface area contributed by atoms with E-state index in [0.29, 0.717) is 38.1 Å². The molecule has 4 rings (SSSR count). The molecule has 0 saturated carbocycles. The molecule has 2 fully saturated rings. The first-order chi connectivity index (χ1) is 13.8. The van der Waals surface area contributed by atoms with Gasteiger partial charge in [-0.25, -0.2) is 4.98 Å². The molecule has 0 bridgehead atoms. The molecule has 0 aliphatic carbocycles. The number of aryl methyl sites for hydroxylation is 1. The number of fused-ring (bicyclic) bond motifs is 1. The molecule has 2 saturated heterocycles. The molecule has 0 N–H and O–H groups in total. The number of piperidine rings is 1. The second kappa shape index (κ2) is 7.57. The number of carbonyl (C=O) groups is 1. The Morgan fingerprint density at radius 1 is 1.24 bits per heavy atom. The van der Waals surface area contributed by atoms with E-state index in [2.05, 4.69) is 18.7 Å². The molecule has 0 radical (unpaired) electrons. The lowest BCUT2D eigenvalue weighted by molar-refractivity contribution is -0.121. The van der Waals surface area contributed by atoms with Crippen molar-refractivity contribution in [2.24, 2.45) is 11.8 Å². The first-order valence-electron chi connectivity index (χ1n) is 9.74. The monoisotopic (exact) mass is 428 g/mol. The molecule has 2 aromatic rings. The summed E-state index contributed by atoms with van der Waals surface area (Å²) in [6.45, 7) is 8.09. The van der Waals surface area contributed by atoms with Crippen LogP contribution < -0.4 is 10.5 Å². The van der Waals surface area contributed by atoms with E-state index < -0.39 is 0 Å². The van der Waals surface area contributed by atoms with Crippen LogP contribution in [-0.4, -0.2) is 44.6 Å². The van der Waals surface area contributed by atoms with E-state index in [1.54, 1.807) is 23.7 Å². The molecule has 152 valence electrons. The van der Waals surface area contributed by atoms with Crippen LogP contribution in [0.3, 0.4) is 0 Å². The predicted octanol–water partition coefficient (Wildman–Crippen LogP) is 3.32. The molecule has 29 heavy (non-hydrogen) atoms. The van der Waals surface area contributed by atoms with Gasteiger partial charge in [0, 0.05) is 26.3 Å². The van der Waals surface area contributed by atoms with Gasteiger partial charge >= 0.3 is 0 Å². The molecule has 2 aliphatic rings. The second-order valence-electron chi connectivity index (χ2n) is 8.13. The van der Waals surface area contributed by atoms with Crippen molar-refractivity contribution < 1.29 is 4.79 Å². The van der Waals surface area contributed by atoms with E-state index in [0.717, 1.165) is 25.1 Å². The number of amides is 1. The minimum Gasteiger partial charge on any atom is -0.355 e. The lowest BCUT2D eigenvalue weighted by Crippen LogP contribution is -2.40. The maximum atomic E-state index is 13.4. The fraction of sp³-hybridized carbons (Fsp3) is 0.429. The van der Waals surface area contributed by atoms with E-state index in [4.69, 9.17) is 17.2 Å². The molecule has 2 aliphatic heterocycles. The van der Waals surface area contributed by atoms with Crippen LogP contribution in [-0.2, 0) is 4.79 Å². The zero-order valence-corrected chi connectivity index (χ0v) is 18.6. The number of carbonyl (C=O) groups excluding carboxylic acids is 1. The minimum absolute atomic E-state index is 0.166. The lowest BCUT2D eigenvalue weighted by atomic mass is 9.91. The van der Waals surface area contributed by atoms with Crippen LogP contribution in [0.25, 0.3) is 11.7 Å². The fourth-order valence-electron chi connectivity index (χ4n) is 4.18. The Hall–Kier alpha value is -2.19. The highest BCUT2D eigenvalue weighted by Gasteiger charge is 2.31. The number of hydrogen-bond acceptors (Lipinski definition) is 6. The van der Waals surface area contributed by atoms with Crippen molar-refractivity contribution in [3.05, 3.63) is 44.7 Å². The van der Waals surface area contributed by atoms with Gasteiger partial charge in [-0.2, -0.15) is 0 Å². The van der Waals surface area contributed by atoms with Gasteiger partial charge in [0.25, 0.3) is 11.5 Å². The second-order valence-corrected chi connectivity index (χ2v) is 9.81. The Kier molecular flexibility index (Phi) is 5.25. The Balaban J connectivity index is 1.94. The van der Waals surface area contributed by atoms with Crippen LogP contribution in [0.1, 0.15) is 31.4 Å². The molecule has 8 heteroatoms. The van der Waals surface area contributed by atoms with Gasteiger partial charge in [-0.1, -0.05) is 43.9 Å². The van der Waals surface area contributed by atoms with Crippen LogP contribution in [0.4, 0.5) is 5.82 Å². The van der Waals surface area contributed by atoms with Crippen molar-refractivity contribution in [3.63, 3.8) is 0 Å². The molecular weight excluding hydrogens is 404 g/mol. The number of nitrogens with zero attached hydrogens (tertiary/aromatic N) is 4. The molecule has 0 aromatic carbocycles. The lowest BCUT2D eigenvalue weighted by Gasteiger charge is -2.36. The zero-order chi connectivity index (χ0) is 20.9. The molecule has 2 aromatic heterocycles. The van der Waals surface area contributed by atoms with Crippen LogP contribution in [0.15, 0.2) is 28.0 Å². The molecule has 1 amide bonds. The summed E-state index contributed by atoms with van der Waals surface area (Å²) >= 11 is 6.47. The number of thioether (sulfide) groups is 1. The van der Waals surface area contributed by atoms with Crippen LogP contribution in [0.2, 0.25) is 0 Å². The standard InChI is InChI=1S/C21H24N4O2S2/c1-12-8-13(2)11-24(10-12)18-15(9-16-20(27)23(4)21(28)29-16)19(26)25-7-5-6-14(3)17(25)22-18/h5-7,9,12-13H,8,10-11H2,1-4H3/b16-9-. The van der Waals surface area contributed by atoms with Crippen molar-refractivity contribution in [1.82, 2.24) is 14.3 Å². The third-order valence-electron chi connectivity index (χ3n) is 5.49. The summed E-state index contributed by atoms with van der Waals surface area (Å²) < 4.78 is 2.06. The number of thiocarbonyl (C=S) groups is 1. The number of hydrogen-bond donors (Lipinski definition) is 0. The Bertz CT molecular complexity index is 1100. The van der Waals surface area contributed by atoms with Gasteiger partial charge in [0.05, 0.1) is 10.5 Å². The number of likely N-dealkylation sites (N-methyl/N-ethyl adjacent to an activating group) is 1. The smallest absolute Gasteiger partial charge is 0.267 e. The molecular formula is C21H24N4O2S2. The summed E-state index contributed by atoms with van der Waals surface area (Å²) in [4.78, 5) is 35.0. The normalized spacial score (nSPS) is 24.2. The van der Waals surface area contributed by atoms with Crippen LogP contribution in [0.5, 0.6) is 0 Å². The van der Waals surface area contributed by atoms with Gasteiger partial charge < -0.3 is 4.90 Å². The van der Waals surface area contributed by atoms with Gasteiger partial charge in [0.2, 0.25) is 0 Å². The van der Waals surface area contributed by atoms with Crippen LogP contribution >= 0.6 is 24.0 Å². The van der Waals surface area contributed by atoms with Gasteiger partial charge in [-0.3, -0.25) is 18.9 Å². The van der Waals surface area contributed by atoms with E-state index in [1.165, 1.54) is 16.7 Å². The quantitative estimate of drug-likeness (QED) is 0.540. The highest BCUT2D eigenvalue weighted by molar-refractivity contribution is 8.26. The van der Waals surface area contributed by atoms with Gasteiger partial charge in [0.15, 0.2) is 0 Å². The Morgan fingerprint density at radius 3 is 2.55 bits per heavy atom. The predicted molar refractivity (Wildman–Crippen MR) is 122 cm³/mol. The maximum Gasteiger partial charge on any atom is 0.267 e. The third-order valence-corrected chi connectivity index (χ3v) is 6.98. The molecule has 6 nitrogen and oxygen atoms in total. The van der Waals surface area contributed by atoms with Crippen molar-refractivity contribution in [2.75, 3.05) is 25.0 Å².